The SMILES string of the molecule is CCCCCCC/C=C/CCCCCCCCCCCC1=NCC[N+]1(CC)C(C)O. The fourth-order valence-electron chi connectivity index (χ4n) is 4.82. The van der Waals surface area contributed by atoms with Crippen molar-refractivity contribution in [3.63, 3.8) is 0 Å². The second kappa shape index (κ2) is 18.0. The van der Waals surface area contributed by atoms with Crippen LogP contribution in [0.3, 0.4) is 0 Å². The number of rotatable bonds is 20. The van der Waals surface area contributed by atoms with Crippen LogP contribution in [0.15, 0.2) is 17.1 Å². The summed E-state index contributed by atoms with van der Waals surface area (Å²) < 4.78 is 0.716. The Morgan fingerprint density at radius 3 is 1.80 bits per heavy atom. The van der Waals surface area contributed by atoms with Crippen molar-refractivity contribution >= 4 is 5.84 Å². The van der Waals surface area contributed by atoms with Crippen molar-refractivity contribution in [3.05, 3.63) is 12.2 Å². The van der Waals surface area contributed by atoms with Gasteiger partial charge >= 0.3 is 0 Å². The lowest BCUT2D eigenvalue weighted by molar-refractivity contribution is -0.882. The summed E-state index contributed by atoms with van der Waals surface area (Å²) in [6.45, 7) is 9.23. The third kappa shape index (κ3) is 11.1. The second-order valence-electron chi connectivity index (χ2n) is 9.40. The Labute approximate surface area is 188 Å². The van der Waals surface area contributed by atoms with Crippen LogP contribution >= 0.6 is 0 Å². The first-order valence-corrected chi connectivity index (χ1v) is 13.4. The summed E-state index contributed by atoms with van der Waals surface area (Å²) in [5.41, 5.74) is 0. The van der Waals surface area contributed by atoms with Crippen LogP contribution in [0.2, 0.25) is 0 Å². The molecule has 0 saturated heterocycles. The maximum Gasteiger partial charge on any atom is 0.200 e. The number of unbranched alkanes of at least 4 members (excludes halogenated alkanes) is 14. The average Bonchev–Trinajstić information content (AvgIpc) is 3.17. The number of likely N-dealkylation sites (N-methyl/N-ethyl adjacent to an activating group) is 1. The highest BCUT2D eigenvalue weighted by atomic mass is 16.3. The lowest BCUT2D eigenvalue weighted by Gasteiger charge is -2.36. The molecule has 176 valence electrons. The molecule has 3 nitrogen and oxygen atoms in total. The van der Waals surface area contributed by atoms with Crippen molar-refractivity contribution in [2.45, 2.75) is 136 Å². The van der Waals surface area contributed by atoms with Gasteiger partial charge in [0.1, 0.15) is 6.54 Å². The van der Waals surface area contributed by atoms with Crippen molar-refractivity contribution in [2.75, 3.05) is 19.6 Å². The molecule has 2 atom stereocenters. The largest absolute Gasteiger partial charge is 0.345 e. The van der Waals surface area contributed by atoms with Crippen LogP contribution < -0.4 is 0 Å². The molecule has 1 rings (SSSR count). The molecular weight excluding hydrogens is 368 g/mol. The number of amidine groups is 1. The van der Waals surface area contributed by atoms with Crippen molar-refractivity contribution in [3.8, 4) is 0 Å². The highest BCUT2D eigenvalue weighted by molar-refractivity contribution is 5.76. The van der Waals surface area contributed by atoms with Gasteiger partial charge in [0.2, 0.25) is 5.84 Å². The number of aliphatic imine (C=N–C) groups is 1. The van der Waals surface area contributed by atoms with E-state index in [2.05, 4.69) is 26.0 Å². The molecule has 0 spiro atoms. The zero-order chi connectivity index (χ0) is 21.9. The van der Waals surface area contributed by atoms with E-state index in [1.165, 1.54) is 109 Å². The predicted molar refractivity (Wildman–Crippen MR) is 133 cm³/mol. The molecule has 0 fully saturated rings. The molecule has 0 aliphatic carbocycles. The Bertz CT molecular complexity index is 458. The molecule has 2 unspecified atom stereocenters. The Hall–Kier alpha value is -0.670. The fourth-order valence-corrected chi connectivity index (χ4v) is 4.82. The molecule has 1 heterocycles. The summed E-state index contributed by atoms with van der Waals surface area (Å²) in [6.07, 6.45) is 27.4. The molecule has 0 amide bonds. The van der Waals surface area contributed by atoms with Crippen molar-refractivity contribution < 1.29 is 9.59 Å². The van der Waals surface area contributed by atoms with Gasteiger partial charge in [-0.15, -0.1) is 0 Å². The first-order valence-electron chi connectivity index (χ1n) is 13.4. The zero-order valence-corrected chi connectivity index (χ0v) is 20.7. The summed E-state index contributed by atoms with van der Waals surface area (Å²) in [5.74, 6) is 1.25. The summed E-state index contributed by atoms with van der Waals surface area (Å²) in [7, 11) is 0. The third-order valence-corrected chi connectivity index (χ3v) is 7.00. The molecule has 1 aliphatic heterocycles. The Morgan fingerprint density at radius 2 is 1.30 bits per heavy atom. The molecular formula is C27H53N2O+. The smallest absolute Gasteiger partial charge is 0.200 e. The van der Waals surface area contributed by atoms with Gasteiger partial charge in [-0.2, -0.15) is 0 Å². The predicted octanol–water partition coefficient (Wildman–Crippen LogP) is 7.78. The number of hydrogen-bond acceptors (Lipinski definition) is 2. The molecule has 1 N–H and O–H groups in total. The first kappa shape index (κ1) is 27.4. The zero-order valence-electron chi connectivity index (χ0n) is 20.7. The van der Waals surface area contributed by atoms with E-state index < -0.39 is 0 Å². The number of quaternary nitrogens is 1. The fraction of sp³-hybridized carbons (Fsp3) is 0.889. The molecule has 0 bridgehead atoms. The van der Waals surface area contributed by atoms with Crippen molar-refractivity contribution in [1.29, 1.82) is 0 Å². The van der Waals surface area contributed by atoms with E-state index in [9.17, 15) is 5.11 Å². The minimum absolute atomic E-state index is 0.317. The summed E-state index contributed by atoms with van der Waals surface area (Å²) in [4.78, 5) is 4.72. The van der Waals surface area contributed by atoms with E-state index in [1.54, 1.807) is 0 Å². The standard InChI is InChI=1S/C27H53N2O/c1-4-6-7-8-9-10-11-12-13-14-15-16-17-18-19-20-21-22-23-27-28-24-25-29(27,5-2)26(3)30/h11-12,26,30H,4-10,13-25H2,1-3H3/q+1/b12-11+. The van der Waals surface area contributed by atoms with Crippen LogP contribution in [0.4, 0.5) is 0 Å². The molecule has 30 heavy (non-hydrogen) atoms. The lowest BCUT2D eigenvalue weighted by atomic mass is 10.0. The quantitative estimate of drug-likeness (QED) is 0.121. The summed E-state index contributed by atoms with van der Waals surface area (Å²) >= 11 is 0. The van der Waals surface area contributed by atoms with Crippen molar-refractivity contribution in [1.82, 2.24) is 0 Å². The lowest BCUT2D eigenvalue weighted by Crippen LogP contribution is -2.56. The number of allylic oxidation sites excluding steroid dienone is 2. The number of hydrogen-bond donors (Lipinski definition) is 1. The maximum absolute atomic E-state index is 10.2. The molecule has 1 aliphatic rings. The first-order chi connectivity index (χ1) is 14.7. The minimum Gasteiger partial charge on any atom is -0.345 e. The van der Waals surface area contributed by atoms with Crippen LogP contribution in [0, 0.1) is 0 Å². The number of aliphatic hydroxyl groups is 1. The topological polar surface area (TPSA) is 32.6 Å². The van der Waals surface area contributed by atoms with Gasteiger partial charge in [-0.25, -0.2) is 4.99 Å². The van der Waals surface area contributed by atoms with Gasteiger partial charge in [-0.3, -0.25) is 4.48 Å². The normalized spacial score (nSPS) is 20.2. The number of nitrogens with zero attached hydrogens (tertiary/aromatic N) is 2. The van der Waals surface area contributed by atoms with Gasteiger partial charge in [0, 0.05) is 13.3 Å². The van der Waals surface area contributed by atoms with E-state index >= 15 is 0 Å². The van der Waals surface area contributed by atoms with Gasteiger partial charge in [-0.05, 0) is 39.0 Å². The molecule has 3 heteroatoms. The highest BCUT2D eigenvalue weighted by Gasteiger charge is 2.40. The Kier molecular flexibility index (Phi) is 16.4. The van der Waals surface area contributed by atoms with E-state index in [-0.39, 0.29) is 6.23 Å². The Morgan fingerprint density at radius 1 is 0.800 bits per heavy atom. The van der Waals surface area contributed by atoms with E-state index in [4.69, 9.17) is 4.99 Å². The van der Waals surface area contributed by atoms with Gasteiger partial charge < -0.3 is 5.11 Å². The van der Waals surface area contributed by atoms with Gasteiger partial charge in [-0.1, -0.05) is 89.7 Å². The van der Waals surface area contributed by atoms with Crippen molar-refractivity contribution in [2.24, 2.45) is 4.99 Å². The van der Waals surface area contributed by atoms with E-state index in [0.717, 1.165) is 26.1 Å². The highest BCUT2D eigenvalue weighted by Crippen LogP contribution is 2.23. The molecule has 0 saturated carbocycles. The molecule has 0 aromatic heterocycles. The van der Waals surface area contributed by atoms with Crippen LogP contribution in [0.1, 0.15) is 130 Å². The third-order valence-electron chi connectivity index (χ3n) is 7.00. The monoisotopic (exact) mass is 421 g/mol. The van der Waals surface area contributed by atoms with Crippen LogP contribution in [0.5, 0.6) is 0 Å². The van der Waals surface area contributed by atoms with E-state index in [1.807, 2.05) is 6.92 Å². The molecule has 0 aromatic rings. The second-order valence-corrected chi connectivity index (χ2v) is 9.40. The summed E-state index contributed by atoms with van der Waals surface area (Å²) in [5, 5.41) is 10.2. The Balaban J connectivity index is 1.87. The molecule has 0 aromatic carbocycles. The van der Waals surface area contributed by atoms with Gasteiger partial charge in [0.05, 0.1) is 13.1 Å². The van der Waals surface area contributed by atoms with Gasteiger partial charge in [0.15, 0.2) is 6.23 Å². The summed E-state index contributed by atoms with van der Waals surface area (Å²) in [6, 6.07) is 0. The van der Waals surface area contributed by atoms with Crippen LogP contribution in [-0.2, 0) is 0 Å². The number of aliphatic hydroxyl groups excluding tert-OH is 1. The van der Waals surface area contributed by atoms with Gasteiger partial charge in [0.25, 0.3) is 0 Å². The van der Waals surface area contributed by atoms with E-state index in [0.29, 0.717) is 4.48 Å². The molecule has 0 radical (unpaired) electrons. The average molecular weight is 422 g/mol. The maximum atomic E-state index is 10.2. The minimum atomic E-state index is -0.317. The van der Waals surface area contributed by atoms with Crippen LogP contribution in [0.25, 0.3) is 0 Å². The van der Waals surface area contributed by atoms with Crippen LogP contribution in [-0.4, -0.2) is 41.3 Å².